The third kappa shape index (κ3) is 3.66. The van der Waals surface area contributed by atoms with E-state index in [2.05, 4.69) is 37.3 Å². The number of hydrogen-bond acceptors (Lipinski definition) is 7. The van der Waals surface area contributed by atoms with E-state index >= 15 is 0 Å². The van der Waals surface area contributed by atoms with Crippen LogP contribution in [-0.4, -0.2) is 53.7 Å². The summed E-state index contributed by atoms with van der Waals surface area (Å²) in [7, 11) is 0. The number of anilines is 1. The number of fused-ring (bicyclic) bond motifs is 1. The van der Waals surface area contributed by atoms with E-state index in [-0.39, 0.29) is 12.3 Å². The van der Waals surface area contributed by atoms with Gasteiger partial charge >= 0.3 is 5.97 Å². The highest BCUT2D eigenvalue weighted by Crippen LogP contribution is 2.34. The Bertz CT molecular complexity index is 1210. The number of nitrogens with zero attached hydrogens (tertiary/aromatic N) is 3. The van der Waals surface area contributed by atoms with Gasteiger partial charge in [0.2, 0.25) is 5.89 Å². The van der Waals surface area contributed by atoms with Gasteiger partial charge in [0.1, 0.15) is 5.65 Å². The fourth-order valence-electron chi connectivity index (χ4n) is 3.86. The van der Waals surface area contributed by atoms with E-state index in [9.17, 15) is 4.79 Å². The number of carbonyl (C=O) groups is 1. The number of benzene rings is 1. The lowest BCUT2D eigenvalue weighted by atomic mass is 10.1. The third-order valence-corrected chi connectivity index (χ3v) is 5.40. The van der Waals surface area contributed by atoms with Gasteiger partial charge in [0.05, 0.1) is 6.61 Å². The van der Waals surface area contributed by atoms with Crippen LogP contribution >= 0.6 is 0 Å². The van der Waals surface area contributed by atoms with Gasteiger partial charge in [-0.1, -0.05) is 0 Å². The van der Waals surface area contributed by atoms with Gasteiger partial charge in [0.25, 0.3) is 0 Å². The van der Waals surface area contributed by atoms with Crippen LogP contribution in [0.2, 0.25) is 0 Å². The number of esters is 1. The average Bonchev–Trinajstić information content (AvgIpc) is 3.47. The van der Waals surface area contributed by atoms with Gasteiger partial charge in [-0.05, 0) is 43.3 Å². The Morgan fingerprint density at radius 1 is 1.16 bits per heavy atom. The highest BCUT2D eigenvalue weighted by Gasteiger charge is 2.24. The topological polar surface area (TPSA) is 96.3 Å². The second-order valence-electron chi connectivity index (χ2n) is 7.30. The molecule has 4 aromatic rings. The fraction of sp³-hybridized carbons (Fsp3) is 0.261. The maximum atomic E-state index is 12.6. The standard InChI is InChI=1S/C23H23N5O3/c1-2-30-23(29)19-20(15-3-5-16(6-4-15)28-13-11-24-12-14-28)31-22(27-19)18-8-10-26-21-17(18)7-9-25-21/h3-10,24H,2,11-14H2,1H3,(H,25,26). The number of nitrogens with one attached hydrogen (secondary N) is 2. The molecule has 1 aromatic carbocycles. The van der Waals surface area contributed by atoms with Crippen molar-refractivity contribution in [3.63, 3.8) is 0 Å². The molecular formula is C23H23N5O3. The molecule has 0 radical (unpaired) electrons. The number of pyridine rings is 1. The Balaban J connectivity index is 1.55. The van der Waals surface area contributed by atoms with Crippen molar-refractivity contribution in [3.05, 3.63) is 54.5 Å². The number of aromatic amines is 1. The maximum Gasteiger partial charge on any atom is 0.361 e. The zero-order chi connectivity index (χ0) is 21.2. The molecule has 1 fully saturated rings. The van der Waals surface area contributed by atoms with E-state index in [4.69, 9.17) is 9.15 Å². The molecule has 1 aliphatic rings. The zero-order valence-corrected chi connectivity index (χ0v) is 17.2. The average molecular weight is 417 g/mol. The van der Waals surface area contributed by atoms with E-state index in [0.717, 1.165) is 54.0 Å². The molecule has 0 spiro atoms. The summed E-state index contributed by atoms with van der Waals surface area (Å²) in [5.41, 5.74) is 3.59. The van der Waals surface area contributed by atoms with Crippen LogP contribution in [0.25, 0.3) is 33.8 Å². The second-order valence-corrected chi connectivity index (χ2v) is 7.30. The Kier molecular flexibility index (Phi) is 5.13. The van der Waals surface area contributed by atoms with E-state index in [1.165, 1.54) is 0 Å². The molecule has 158 valence electrons. The van der Waals surface area contributed by atoms with Crippen molar-refractivity contribution in [3.8, 4) is 22.8 Å². The highest BCUT2D eigenvalue weighted by atomic mass is 16.5. The molecule has 0 unspecified atom stereocenters. The number of carbonyl (C=O) groups excluding carboxylic acids is 1. The van der Waals surface area contributed by atoms with Gasteiger partial charge in [0, 0.05) is 60.8 Å². The van der Waals surface area contributed by atoms with Gasteiger partial charge in [0.15, 0.2) is 11.5 Å². The summed E-state index contributed by atoms with van der Waals surface area (Å²) in [4.78, 5) is 26.9. The first kappa shape index (κ1) is 19.3. The van der Waals surface area contributed by atoms with Crippen molar-refractivity contribution in [1.29, 1.82) is 0 Å². The third-order valence-electron chi connectivity index (χ3n) is 5.40. The summed E-state index contributed by atoms with van der Waals surface area (Å²) in [6, 6.07) is 11.8. The Morgan fingerprint density at radius 2 is 1.97 bits per heavy atom. The van der Waals surface area contributed by atoms with E-state index < -0.39 is 5.97 Å². The molecule has 0 amide bonds. The van der Waals surface area contributed by atoms with Gasteiger partial charge in [-0.3, -0.25) is 0 Å². The molecule has 0 bridgehead atoms. The van der Waals surface area contributed by atoms with E-state index in [1.807, 2.05) is 30.5 Å². The summed E-state index contributed by atoms with van der Waals surface area (Å²) in [6.07, 6.45) is 3.50. The van der Waals surface area contributed by atoms with Crippen molar-refractivity contribution in [1.82, 2.24) is 20.3 Å². The summed E-state index contributed by atoms with van der Waals surface area (Å²) in [6.45, 7) is 5.91. The van der Waals surface area contributed by atoms with Crippen molar-refractivity contribution >= 4 is 22.7 Å². The lowest BCUT2D eigenvalue weighted by molar-refractivity contribution is 0.0520. The van der Waals surface area contributed by atoms with E-state index in [1.54, 1.807) is 13.1 Å². The second kappa shape index (κ2) is 8.23. The van der Waals surface area contributed by atoms with Gasteiger partial charge < -0.3 is 24.4 Å². The lowest BCUT2D eigenvalue weighted by Gasteiger charge is -2.29. The van der Waals surface area contributed by atoms with Crippen LogP contribution in [-0.2, 0) is 4.74 Å². The number of ether oxygens (including phenoxy) is 1. The van der Waals surface area contributed by atoms with Crippen LogP contribution in [0.15, 0.2) is 53.2 Å². The minimum absolute atomic E-state index is 0.173. The molecule has 31 heavy (non-hydrogen) atoms. The lowest BCUT2D eigenvalue weighted by Crippen LogP contribution is -2.43. The minimum atomic E-state index is -0.502. The number of oxazole rings is 1. The molecule has 1 aliphatic heterocycles. The SMILES string of the molecule is CCOC(=O)c1nc(-c2ccnc3[nH]ccc23)oc1-c1ccc(N2CCNCC2)cc1. The smallest absolute Gasteiger partial charge is 0.361 e. The molecule has 8 heteroatoms. The summed E-state index contributed by atoms with van der Waals surface area (Å²) < 4.78 is 11.4. The Hall–Kier alpha value is -3.65. The summed E-state index contributed by atoms with van der Waals surface area (Å²) >= 11 is 0. The molecule has 1 saturated heterocycles. The van der Waals surface area contributed by atoms with Crippen LogP contribution in [0, 0.1) is 0 Å². The first-order valence-corrected chi connectivity index (χ1v) is 10.4. The first-order chi connectivity index (χ1) is 15.2. The molecular weight excluding hydrogens is 394 g/mol. The van der Waals surface area contributed by atoms with Crippen LogP contribution in [0.5, 0.6) is 0 Å². The van der Waals surface area contributed by atoms with E-state index in [0.29, 0.717) is 11.7 Å². The minimum Gasteiger partial charge on any atom is -0.461 e. The number of H-pyrrole nitrogens is 1. The molecule has 4 heterocycles. The molecule has 0 atom stereocenters. The maximum absolute atomic E-state index is 12.6. The zero-order valence-electron chi connectivity index (χ0n) is 17.2. The van der Waals surface area contributed by atoms with Gasteiger partial charge in [-0.2, -0.15) is 0 Å². The molecule has 5 rings (SSSR count). The van der Waals surface area contributed by atoms with Crippen molar-refractivity contribution in [2.45, 2.75) is 6.92 Å². The summed E-state index contributed by atoms with van der Waals surface area (Å²) in [5.74, 6) is 0.259. The van der Waals surface area contributed by atoms with Crippen LogP contribution < -0.4 is 10.2 Å². The molecule has 8 nitrogen and oxygen atoms in total. The molecule has 0 saturated carbocycles. The number of piperazine rings is 1. The largest absolute Gasteiger partial charge is 0.461 e. The van der Waals surface area contributed by atoms with Gasteiger partial charge in [-0.25, -0.2) is 14.8 Å². The number of rotatable bonds is 5. The highest BCUT2D eigenvalue weighted by molar-refractivity contribution is 5.96. The van der Waals surface area contributed by atoms with Crippen molar-refractivity contribution in [2.24, 2.45) is 0 Å². The quantitative estimate of drug-likeness (QED) is 0.480. The summed E-state index contributed by atoms with van der Waals surface area (Å²) in [5, 5.41) is 4.23. The number of aromatic nitrogens is 3. The van der Waals surface area contributed by atoms with Crippen molar-refractivity contribution in [2.75, 3.05) is 37.7 Å². The first-order valence-electron chi connectivity index (χ1n) is 10.4. The molecule has 0 aliphatic carbocycles. The van der Waals surface area contributed by atoms with Crippen LogP contribution in [0.3, 0.4) is 0 Å². The van der Waals surface area contributed by atoms with Crippen molar-refractivity contribution < 1.29 is 13.9 Å². The predicted molar refractivity (Wildman–Crippen MR) is 118 cm³/mol. The van der Waals surface area contributed by atoms with Gasteiger partial charge in [-0.15, -0.1) is 0 Å². The fourth-order valence-corrected chi connectivity index (χ4v) is 3.86. The molecule has 2 N–H and O–H groups in total. The normalized spacial score (nSPS) is 14.2. The van der Waals surface area contributed by atoms with Crippen LogP contribution in [0.4, 0.5) is 5.69 Å². The number of hydrogen-bond donors (Lipinski definition) is 2. The Morgan fingerprint density at radius 3 is 2.74 bits per heavy atom. The Labute approximate surface area is 179 Å². The predicted octanol–water partition coefficient (Wildman–Crippen LogP) is 3.47. The monoisotopic (exact) mass is 417 g/mol. The van der Waals surface area contributed by atoms with Crippen LogP contribution in [0.1, 0.15) is 17.4 Å². The molecule has 3 aromatic heterocycles.